The number of nitrogen functional groups attached to an aromatic ring is 1. The van der Waals surface area contributed by atoms with Crippen LogP contribution in [0.2, 0.25) is 0 Å². The number of nitrogens with zero attached hydrogens (tertiary/aromatic N) is 3. The fourth-order valence-corrected chi connectivity index (χ4v) is 2.89. The Morgan fingerprint density at radius 3 is 2.81 bits per heavy atom. The minimum atomic E-state index is 0.633. The van der Waals surface area contributed by atoms with Crippen LogP contribution in [-0.2, 0) is 0 Å². The molecule has 0 aliphatic heterocycles. The zero-order chi connectivity index (χ0) is 14.4. The third-order valence-corrected chi connectivity index (χ3v) is 3.79. The average Bonchev–Trinajstić information content (AvgIpc) is 2.90. The quantitative estimate of drug-likeness (QED) is 0.520. The number of para-hydroxylation sites is 1. The zero-order valence-electron chi connectivity index (χ0n) is 10.8. The van der Waals surface area contributed by atoms with Crippen molar-refractivity contribution in [1.82, 2.24) is 19.9 Å². The minimum absolute atomic E-state index is 0.633. The second-order valence-electron chi connectivity index (χ2n) is 4.71. The van der Waals surface area contributed by atoms with Gasteiger partial charge in [0.05, 0.1) is 22.2 Å². The van der Waals surface area contributed by atoms with E-state index < -0.39 is 0 Å². The van der Waals surface area contributed by atoms with Gasteiger partial charge in [-0.15, -0.1) is 0 Å². The second-order valence-corrected chi connectivity index (χ2v) is 5.62. The number of nitrogens with one attached hydrogen (secondary N) is 1. The summed E-state index contributed by atoms with van der Waals surface area (Å²) >= 11 is 3.44. The topological polar surface area (TPSA) is 80.5 Å². The lowest BCUT2D eigenvalue weighted by Gasteiger charge is -2.01. The fraction of sp³-hybridized carbons (Fsp3) is 0. The highest BCUT2D eigenvalue weighted by atomic mass is 79.9. The van der Waals surface area contributed by atoms with Gasteiger partial charge in [0.1, 0.15) is 11.3 Å². The molecule has 2 aromatic carbocycles. The van der Waals surface area contributed by atoms with Gasteiger partial charge in [0.25, 0.3) is 0 Å². The third kappa shape index (κ3) is 1.95. The van der Waals surface area contributed by atoms with Crippen LogP contribution in [0.5, 0.6) is 0 Å². The van der Waals surface area contributed by atoms with Crippen molar-refractivity contribution in [3.8, 4) is 11.4 Å². The monoisotopic (exact) mass is 339 g/mol. The van der Waals surface area contributed by atoms with Crippen molar-refractivity contribution in [3.63, 3.8) is 0 Å². The highest BCUT2D eigenvalue weighted by Gasteiger charge is 2.12. The second kappa shape index (κ2) is 4.53. The summed E-state index contributed by atoms with van der Waals surface area (Å²) in [5, 5.41) is 0. The van der Waals surface area contributed by atoms with Crippen molar-refractivity contribution in [3.05, 3.63) is 47.2 Å². The Morgan fingerprint density at radius 2 is 1.90 bits per heavy atom. The number of aromatic amines is 1. The Kier molecular flexibility index (Phi) is 2.65. The van der Waals surface area contributed by atoms with Crippen LogP contribution in [0, 0.1) is 0 Å². The number of nitrogens with two attached hydrogens (primary N) is 1. The predicted octanol–water partition coefficient (Wildman–Crippen LogP) is 3.52. The van der Waals surface area contributed by atoms with Gasteiger partial charge in [-0.25, -0.2) is 4.98 Å². The molecule has 0 fully saturated rings. The molecule has 21 heavy (non-hydrogen) atoms. The van der Waals surface area contributed by atoms with E-state index in [1.807, 2.05) is 30.3 Å². The zero-order valence-corrected chi connectivity index (χ0v) is 12.4. The predicted molar refractivity (Wildman–Crippen MR) is 86.7 cm³/mol. The summed E-state index contributed by atoms with van der Waals surface area (Å²) < 4.78 is 0.917. The molecular weight excluding hydrogens is 330 g/mol. The summed E-state index contributed by atoms with van der Waals surface area (Å²) in [6.07, 6.45) is 3.36. The number of anilines is 1. The van der Waals surface area contributed by atoms with Crippen molar-refractivity contribution in [1.29, 1.82) is 0 Å². The van der Waals surface area contributed by atoms with Crippen molar-refractivity contribution in [2.24, 2.45) is 0 Å². The maximum Gasteiger partial charge on any atom is 0.140 e. The van der Waals surface area contributed by atoms with Crippen LogP contribution in [0.4, 0.5) is 5.69 Å². The highest BCUT2D eigenvalue weighted by Crippen LogP contribution is 2.29. The van der Waals surface area contributed by atoms with Crippen LogP contribution >= 0.6 is 15.9 Å². The van der Waals surface area contributed by atoms with Gasteiger partial charge in [-0.2, -0.15) is 0 Å². The van der Waals surface area contributed by atoms with Crippen LogP contribution in [0.25, 0.3) is 33.5 Å². The van der Waals surface area contributed by atoms with Crippen LogP contribution in [0.1, 0.15) is 0 Å². The van der Waals surface area contributed by atoms with Crippen molar-refractivity contribution >= 4 is 43.7 Å². The molecule has 0 aliphatic carbocycles. The van der Waals surface area contributed by atoms with Gasteiger partial charge in [0.15, 0.2) is 0 Å². The first kappa shape index (κ1) is 12.3. The molecule has 102 valence electrons. The van der Waals surface area contributed by atoms with Crippen molar-refractivity contribution in [2.45, 2.75) is 0 Å². The van der Waals surface area contributed by atoms with Gasteiger partial charge in [-0.1, -0.05) is 22.0 Å². The smallest absolute Gasteiger partial charge is 0.140 e. The molecule has 3 N–H and O–H groups in total. The molecular formula is C15H10BrN5. The van der Waals surface area contributed by atoms with Gasteiger partial charge in [-0.3, -0.25) is 9.97 Å². The molecule has 0 spiro atoms. The van der Waals surface area contributed by atoms with E-state index in [4.69, 9.17) is 5.73 Å². The van der Waals surface area contributed by atoms with Gasteiger partial charge in [0, 0.05) is 22.4 Å². The first-order valence-corrected chi connectivity index (χ1v) is 7.16. The molecule has 2 aromatic heterocycles. The minimum Gasteiger partial charge on any atom is -0.397 e. The maximum absolute atomic E-state index is 6.02. The normalized spacial score (nSPS) is 11.3. The number of fused-ring (bicyclic) bond motifs is 2. The standard InChI is InChI=1S/C15H10BrN5/c16-8-6-10(17)14-12(7-8)20-15(21-14)9-2-1-3-11-13(9)19-5-4-18-11/h1-7H,17H2,(H,20,21). The number of imidazole rings is 1. The summed E-state index contributed by atoms with van der Waals surface area (Å²) in [7, 11) is 0. The Bertz CT molecular complexity index is 971. The SMILES string of the molecule is Nc1cc(Br)cc2[nH]c(-c3cccc4nccnc34)nc12. The molecule has 0 amide bonds. The van der Waals surface area contributed by atoms with Gasteiger partial charge >= 0.3 is 0 Å². The average molecular weight is 340 g/mol. The third-order valence-electron chi connectivity index (χ3n) is 3.33. The fourth-order valence-electron chi connectivity index (χ4n) is 2.42. The van der Waals surface area contributed by atoms with Gasteiger partial charge < -0.3 is 10.7 Å². The molecule has 0 bridgehead atoms. The van der Waals surface area contributed by atoms with E-state index in [9.17, 15) is 0 Å². The molecule has 0 unspecified atom stereocenters. The molecule has 0 radical (unpaired) electrons. The Morgan fingerprint density at radius 1 is 1.05 bits per heavy atom. The largest absolute Gasteiger partial charge is 0.397 e. The lowest BCUT2D eigenvalue weighted by molar-refractivity contribution is 1.27. The Balaban J connectivity index is 2.03. The number of H-pyrrole nitrogens is 1. The molecule has 0 aliphatic rings. The number of hydrogen-bond acceptors (Lipinski definition) is 4. The van der Waals surface area contributed by atoms with E-state index in [1.54, 1.807) is 12.4 Å². The molecule has 6 heteroatoms. The van der Waals surface area contributed by atoms with Crippen LogP contribution < -0.4 is 5.73 Å². The number of hydrogen-bond donors (Lipinski definition) is 2. The molecule has 4 aromatic rings. The molecule has 4 rings (SSSR count). The van der Waals surface area contributed by atoms with Gasteiger partial charge in [0.2, 0.25) is 0 Å². The van der Waals surface area contributed by atoms with Crippen molar-refractivity contribution in [2.75, 3.05) is 5.73 Å². The van der Waals surface area contributed by atoms with E-state index in [0.29, 0.717) is 5.69 Å². The summed E-state index contributed by atoms with van der Waals surface area (Å²) in [6, 6.07) is 9.65. The number of halogens is 1. The summed E-state index contributed by atoms with van der Waals surface area (Å²) in [5.74, 6) is 0.737. The maximum atomic E-state index is 6.02. The van der Waals surface area contributed by atoms with E-state index in [2.05, 4.69) is 35.9 Å². The van der Waals surface area contributed by atoms with Crippen molar-refractivity contribution < 1.29 is 0 Å². The number of rotatable bonds is 1. The molecule has 0 atom stereocenters. The van der Waals surface area contributed by atoms with Gasteiger partial charge in [-0.05, 0) is 24.3 Å². The number of benzene rings is 2. The lowest BCUT2D eigenvalue weighted by Crippen LogP contribution is -1.88. The molecule has 5 nitrogen and oxygen atoms in total. The first-order valence-electron chi connectivity index (χ1n) is 6.37. The van der Waals surface area contributed by atoms with Crippen LogP contribution in [-0.4, -0.2) is 19.9 Å². The van der Waals surface area contributed by atoms with Crippen LogP contribution in [0.15, 0.2) is 47.2 Å². The first-order chi connectivity index (χ1) is 10.2. The highest BCUT2D eigenvalue weighted by molar-refractivity contribution is 9.10. The van der Waals surface area contributed by atoms with E-state index in [0.717, 1.165) is 37.9 Å². The summed E-state index contributed by atoms with van der Waals surface area (Å²) in [5.41, 5.74) is 10.9. The van der Waals surface area contributed by atoms with E-state index >= 15 is 0 Å². The van der Waals surface area contributed by atoms with E-state index in [1.165, 1.54) is 0 Å². The Hall–Kier alpha value is -2.47. The van der Waals surface area contributed by atoms with Crippen LogP contribution in [0.3, 0.4) is 0 Å². The summed E-state index contributed by atoms with van der Waals surface area (Å²) in [6.45, 7) is 0. The van der Waals surface area contributed by atoms with E-state index in [-0.39, 0.29) is 0 Å². The molecule has 0 saturated heterocycles. The summed E-state index contributed by atoms with van der Waals surface area (Å²) in [4.78, 5) is 16.6. The Labute approximate surface area is 128 Å². The number of aromatic nitrogens is 4. The molecule has 0 saturated carbocycles. The molecule has 2 heterocycles. The lowest BCUT2D eigenvalue weighted by atomic mass is 10.1.